The molecule has 3 rings (SSSR count). The highest BCUT2D eigenvalue weighted by molar-refractivity contribution is 9.10. The minimum absolute atomic E-state index is 0.0810. The number of nitrogen functional groups attached to an aromatic ring is 1. The number of rotatable bonds is 7. The van der Waals surface area contributed by atoms with Crippen LogP contribution in [-0.2, 0) is 17.8 Å². The Morgan fingerprint density at radius 2 is 1.80 bits per heavy atom. The van der Waals surface area contributed by atoms with Crippen molar-refractivity contribution in [3.8, 4) is 0 Å². The summed E-state index contributed by atoms with van der Waals surface area (Å²) >= 11 is 3.35. The average molecular weight is 473 g/mol. The number of hydrogen-bond acceptors (Lipinski definition) is 5. The molecule has 0 radical (unpaired) electrons. The fraction of sp³-hybridized carbons (Fsp3) is 0.190. The van der Waals surface area contributed by atoms with E-state index in [2.05, 4.69) is 20.9 Å². The van der Waals surface area contributed by atoms with Crippen LogP contribution in [0.5, 0.6) is 0 Å². The summed E-state index contributed by atoms with van der Waals surface area (Å²) in [5.41, 5.74) is 5.92. The summed E-state index contributed by atoms with van der Waals surface area (Å²) in [7, 11) is 1.49. The molecule has 0 fully saturated rings. The number of nitrogens with zero attached hydrogens (tertiary/aromatic N) is 2. The summed E-state index contributed by atoms with van der Waals surface area (Å²) in [4.78, 5) is 41.9. The van der Waals surface area contributed by atoms with E-state index in [4.69, 9.17) is 10.5 Å². The van der Waals surface area contributed by atoms with Crippen molar-refractivity contribution in [2.75, 3.05) is 24.4 Å². The van der Waals surface area contributed by atoms with Crippen LogP contribution in [0.3, 0.4) is 0 Å². The van der Waals surface area contributed by atoms with E-state index >= 15 is 0 Å². The monoisotopic (exact) mass is 472 g/mol. The SMILES string of the molecule is COCCn1c(N)c(N(Cc2ccccc2)C(=O)c2ccc(Br)cc2)c(=O)[nH]c1=O. The lowest BCUT2D eigenvalue weighted by Gasteiger charge is -2.25. The molecule has 1 aromatic heterocycles. The molecule has 0 aliphatic heterocycles. The molecule has 0 bridgehead atoms. The van der Waals surface area contributed by atoms with Gasteiger partial charge in [0.05, 0.1) is 19.7 Å². The van der Waals surface area contributed by atoms with Gasteiger partial charge in [-0.25, -0.2) is 4.79 Å². The number of nitrogens with two attached hydrogens (primary N) is 1. The summed E-state index contributed by atoms with van der Waals surface area (Å²) in [6.07, 6.45) is 0. The van der Waals surface area contributed by atoms with E-state index in [1.165, 1.54) is 16.6 Å². The number of aromatic amines is 1. The summed E-state index contributed by atoms with van der Waals surface area (Å²) < 4.78 is 7.02. The third-order valence-electron chi connectivity index (χ3n) is 4.52. The van der Waals surface area contributed by atoms with E-state index in [1.54, 1.807) is 24.3 Å². The zero-order valence-electron chi connectivity index (χ0n) is 16.3. The van der Waals surface area contributed by atoms with Crippen LogP contribution in [0, 0.1) is 0 Å². The molecular weight excluding hydrogens is 452 g/mol. The molecule has 0 aliphatic rings. The van der Waals surface area contributed by atoms with Crippen molar-refractivity contribution in [3.05, 3.63) is 91.0 Å². The molecule has 0 atom stereocenters. The van der Waals surface area contributed by atoms with Gasteiger partial charge in [-0.05, 0) is 29.8 Å². The van der Waals surface area contributed by atoms with E-state index in [-0.39, 0.29) is 31.2 Å². The van der Waals surface area contributed by atoms with Crippen molar-refractivity contribution < 1.29 is 9.53 Å². The standard InChI is InChI=1S/C21H21BrN4O4/c1-30-12-11-25-18(23)17(19(27)24-21(25)29)26(13-14-5-3-2-4-6-14)20(28)15-7-9-16(22)10-8-15/h2-10H,11-13,23H2,1H3,(H,24,27,29). The third-order valence-corrected chi connectivity index (χ3v) is 5.05. The Labute approximate surface area is 181 Å². The first kappa shape index (κ1) is 21.5. The topological polar surface area (TPSA) is 110 Å². The molecule has 156 valence electrons. The van der Waals surface area contributed by atoms with Gasteiger partial charge < -0.3 is 10.5 Å². The van der Waals surface area contributed by atoms with E-state index < -0.39 is 17.2 Å². The van der Waals surface area contributed by atoms with Gasteiger partial charge in [-0.3, -0.25) is 24.0 Å². The maximum atomic E-state index is 13.4. The second-order valence-corrected chi connectivity index (χ2v) is 7.44. The molecule has 9 heteroatoms. The number of halogens is 1. The Bertz CT molecular complexity index is 1140. The van der Waals surface area contributed by atoms with Crippen LogP contribution in [0.15, 0.2) is 68.7 Å². The van der Waals surface area contributed by atoms with Crippen LogP contribution in [0.1, 0.15) is 15.9 Å². The Hall–Kier alpha value is -3.17. The fourth-order valence-electron chi connectivity index (χ4n) is 3.01. The van der Waals surface area contributed by atoms with Crippen LogP contribution >= 0.6 is 15.9 Å². The molecule has 0 spiro atoms. The maximum absolute atomic E-state index is 13.4. The number of amides is 1. The normalized spacial score (nSPS) is 10.7. The van der Waals surface area contributed by atoms with Crippen molar-refractivity contribution >= 4 is 33.3 Å². The Morgan fingerprint density at radius 3 is 2.43 bits per heavy atom. The molecule has 2 aromatic carbocycles. The first-order valence-corrected chi connectivity index (χ1v) is 9.94. The average Bonchev–Trinajstić information content (AvgIpc) is 2.73. The van der Waals surface area contributed by atoms with Gasteiger partial charge in [-0.15, -0.1) is 0 Å². The van der Waals surface area contributed by atoms with Crippen molar-refractivity contribution in [3.63, 3.8) is 0 Å². The van der Waals surface area contributed by atoms with E-state index in [0.29, 0.717) is 5.56 Å². The van der Waals surface area contributed by atoms with Gasteiger partial charge in [-0.1, -0.05) is 46.3 Å². The molecule has 3 N–H and O–H groups in total. The predicted octanol–water partition coefficient (Wildman–Crippen LogP) is 2.37. The number of benzene rings is 2. The number of carbonyl (C=O) groups is 1. The minimum atomic E-state index is -0.729. The van der Waals surface area contributed by atoms with Crippen molar-refractivity contribution in [2.24, 2.45) is 0 Å². The molecule has 0 saturated heterocycles. The largest absolute Gasteiger partial charge is 0.383 e. The fourth-order valence-corrected chi connectivity index (χ4v) is 3.27. The number of hydrogen-bond donors (Lipinski definition) is 2. The Morgan fingerprint density at radius 1 is 1.13 bits per heavy atom. The smallest absolute Gasteiger partial charge is 0.330 e. The summed E-state index contributed by atoms with van der Waals surface area (Å²) in [6, 6.07) is 16.0. The summed E-state index contributed by atoms with van der Waals surface area (Å²) in [5.74, 6) is -0.511. The third kappa shape index (κ3) is 4.69. The number of methoxy groups -OCH3 is 1. The van der Waals surface area contributed by atoms with Crippen LogP contribution in [0.4, 0.5) is 11.5 Å². The van der Waals surface area contributed by atoms with Crippen LogP contribution in [-0.4, -0.2) is 29.2 Å². The van der Waals surface area contributed by atoms with Gasteiger partial charge in [0, 0.05) is 17.1 Å². The zero-order chi connectivity index (χ0) is 21.7. The Kier molecular flexibility index (Phi) is 6.86. The van der Waals surface area contributed by atoms with Gasteiger partial charge in [-0.2, -0.15) is 0 Å². The summed E-state index contributed by atoms with van der Waals surface area (Å²) in [5, 5.41) is 0. The van der Waals surface area contributed by atoms with Gasteiger partial charge in [0.1, 0.15) is 5.82 Å². The lowest BCUT2D eigenvalue weighted by molar-refractivity contribution is 0.0984. The molecule has 0 aliphatic carbocycles. The molecule has 1 amide bonds. The first-order valence-electron chi connectivity index (χ1n) is 9.15. The number of ether oxygens (including phenoxy) is 1. The minimum Gasteiger partial charge on any atom is -0.383 e. The zero-order valence-corrected chi connectivity index (χ0v) is 17.9. The van der Waals surface area contributed by atoms with Gasteiger partial charge in [0.15, 0.2) is 5.69 Å². The lowest BCUT2D eigenvalue weighted by atomic mass is 10.1. The molecule has 1 heterocycles. The van der Waals surface area contributed by atoms with Gasteiger partial charge in [0.25, 0.3) is 11.5 Å². The van der Waals surface area contributed by atoms with Crippen molar-refractivity contribution in [1.29, 1.82) is 0 Å². The van der Waals surface area contributed by atoms with E-state index in [0.717, 1.165) is 10.0 Å². The quantitative estimate of drug-likeness (QED) is 0.548. The number of anilines is 2. The van der Waals surface area contributed by atoms with Crippen LogP contribution in [0.2, 0.25) is 0 Å². The predicted molar refractivity (Wildman–Crippen MR) is 119 cm³/mol. The molecule has 0 saturated carbocycles. The summed E-state index contributed by atoms with van der Waals surface area (Å²) in [6.45, 7) is 0.455. The van der Waals surface area contributed by atoms with E-state index in [9.17, 15) is 14.4 Å². The number of nitrogens with one attached hydrogen (secondary N) is 1. The van der Waals surface area contributed by atoms with E-state index in [1.807, 2.05) is 30.3 Å². The molecule has 8 nitrogen and oxygen atoms in total. The Balaban J connectivity index is 2.14. The van der Waals surface area contributed by atoms with Crippen LogP contribution in [0.25, 0.3) is 0 Å². The van der Waals surface area contributed by atoms with Crippen molar-refractivity contribution in [2.45, 2.75) is 13.1 Å². The number of carbonyl (C=O) groups excluding carboxylic acids is 1. The molecular formula is C21H21BrN4O4. The molecule has 3 aromatic rings. The van der Waals surface area contributed by atoms with Gasteiger partial charge in [0.2, 0.25) is 0 Å². The highest BCUT2D eigenvalue weighted by atomic mass is 79.9. The van der Waals surface area contributed by atoms with Crippen LogP contribution < -0.4 is 21.9 Å². The lowest BCUT2D eigenvalue weighted by Crippen LogP contribution is -2.41. The molecule has 0 unspecified atom stereocenters. The second kappa shape index (κ2) is 9.55. The van der Waals surface area contributed by atoms with Crippen molar-refractivity contribution in [1.82, 2.24) is 9.55 Å². The van der Waals surface area contributed by atoms with Gasteiger partial charge >= 0.3 is 5.69 Å². The number of H-pyrrole nitrogens is 1. The highest BCUT2D eigenvalue weighted by Crippen LogP contribution is 2.23. The molecule has 30 heavy (non-hydrogen) atoms. The number of aromatic nitrogens is 2. The maximum Gasteiger partial charge on any atom is 0.330 e. The highest BCUT2D eigenvalue weighted by Gasteiger charge is 2.25. The second-order valence-electron chi connectivity index (χ2n) is 6.52. The first-order chi connectivity index (χ1) is 14.4.